The van der Waals surface area contributed by atoms with E-state index in [1.165, 1.54) is 83.5 Å². The maximum absolute atomic E-state index is 3.88. The third-order valence-electron chi connectivity index (χ3n) is 3.70. The molecule has 0 bridgehead atoms. The topological polar surface area (TPSA) is 0 Å². The van der Waals surface area contributed by atoms with Gasteiger partial charge in [0.15, 0.2) is 0 Å². The van der Waals surface area contributed by atoms with Crippen LogP contribution in [-0.4, -0.2) is 0 Å². The summed E-state index contributed by atoms with van der Waals surface area (Å²) in [6.07, 6.45) is 24.8. The molecule has 0 aliphatic carbocycles. The van der Waals surface area contributed by atoms with Gasteiger partial charge in [0.1, 0.15) is 0 Å². The van der Waals surface area contributed by atoms with Crippen molar-refractivity contribution in [3.8, 4) is 0 Å². The molecule has 0 nitrogen and oxygen atoms in total. The first kappa shape index (κ1) is 18.7. The van der Waals surface area contributed by atoms with Crippen molar-refractivity contribution in [1.29, 1.82) is 0 Å². The van der Waals surface area contributed by atoms with Crippen LogP contribution in [0.4, 0.5) is 0 Å². The third-order valence-corrected chi connectivity index (χ3v) is 3.70. The predicted octanol–water partition coefficient (Wildman–Crippen LogP) is 7.06. The zero-order chi connectivity index (χ0) is 14.0. The van der Waals surface area contributed by atoms with Gasteiger partial charge in [-0.2, -0.15) is 0 Å². The van der Waals surface area contributed by atoms with Gasteiger partial charge in [0.25, 0.3) is 0 Å². The standard InChI is InChI=1S/C19H36/c1-3-5-7-9-11-13-15-17-19-18-16-14-12-10-8-6-4-2/h5,7H,1-4,6,8-19H2/b7-5+. The van der Waals surface area contributed by atoms with Gasteiger partial charge in [-0.15, -0.1) is 0 Å². The second-order valence-electron chi connectivity index (χ2n) is 5.64. The maximum atomic E-state index is 3.88. The van der Waals surface area contributed by atoms with E-state index in [0.29, 0.717) is 0 Å². The molecular formula is C19H36. The molecule has 0 aliphatic heterocycles. The van der Waals surface area contributed by atoms with Gasteiger partial charge in [-0.1, -0.05) is 96.1 Å². The Morgan fingerprint density at radius 2 is 0.895 bits per heavy atom. The van der Waals surface area contributed by atoms with E-state index in [9.17, 15) is 0 Å². The molecule has 0 atom stereocenters. The van der Waals surface area contributed by atoms with Crippen LogP contribution in [0, 0.1) is 13.8 Å². The van der Waals surface area contributed by atoms with Crippen molar-refractivity contribution >= 4 is 0 Å². The van der Waals surface area contributed by atoms with E-state index in [0.717, 1.165) is 12.8 Å². The Bertz CT molecular complexity index is 169. The molecule has 0 rings (SSSR count). The lowest BCUT2D eigenvalue weighted by Crippen LogP contribution is -1.82. The minimum absolute atomic E-state index is 0.940. The molecule has 2 radical (unpaired) electrons. The summed E-state index contributed by atoms with van der Waals surface area (Å²) >= 11 is 0. The van der Waals surface area contributed by atoms with Crippen LogP contribution in [0.5, 0.6) is 0 Å². The number of allylic oxidation sites excluding steroid dienone is 2. The molecule has 112 valence electrons. The van der Waals surface area contributed by atoms with Crippen LogP contribution in [0.25, 0.3) is 0 Å². The molecule has 0 heteroatoms. The fraction of sp³-hybridized carbons (Fsp3) is 0.789. The van der Waals surface area contributed by atoms with Gasteiger partial charge in [0.2, 0.25) is 0 Å². The zero-order valence-electron chi connectivity index (χ0n) is 13.2. The summed E-state index contributed by atoms with van der Waals surface area (Å²) in [4.78, 5) is 0. The molecule has 0 aromatic heterocycles. The molecule has 0 heterocycles. The van der Waals surface area contributed by atoms with Gasteiger partial charge in [-0.25, -0.2) is 0 Å². The summed E-state index contributed by atoms with van der Waals surface area (Å²) in [6, 6.07) is 0. The number of hydrogen-bond donors (Lipinski definition) is 0. The average Bonchev–Trinajstić information content (AvgIpc) is 2.43. The molecule has 0 unspecified atom stereocenters. The van der Waals surface area contributed by atoms with E-state index in [1.54, 1.807) is 0 Å². The SMILES string of the molecule is [CH2]C/C=C/CCCCCCCCCCCCCC[CH2]. The Kier molecular flexibility index (Phi) is 17.5. The molecule has 0 aromatic carbocycles. The molecule has 0 aliphatic rings. The molecule has 0 aromatic rings. The lowest BCUT2D eigenvalue weighted by Gasteiger charge is -2.02. The number of rotatable bonds is 15. The van der Waals surface area contributed by atoms with Crippen LogP contribution >= 0.6 is 0 Å². The largest absolute Gasteiger partial charge is 0.0885 e. The van der Waals surface area contributed by atoms with E-state index in [2.05, 4.69) is 26.0 Å². The minimum atomic E-state index is 0.940. The van der Waals surface area contributed by atoms with Crippen LogP contribution in [-0.2, 0) is 0 Å². The summed E-state index contributed by atoms with van der Waals surface area (Å²) in [5, 5.41) is 0. The van der Waals surface area contributed by atoms with E-state index in [-0.39, 0.29) is 0 Å². The quantitative estimate of drug-likeness (QED) is 0.219. The molecule has 0 N–H and O–H groups in total. The summed E-state index contributed by atoms with van der Waals surface area (Å²) in [6.45, 7) is 7.68. The van der Waals surface area contributed by atoms with Crippen LogP contribution < -0.4 is 0 Å². The highest BCUT2D eigenvalue weighted by molar-refractivity contribution is 4.81. The normalized spacial score (nSPS) is 11.5. The molecule has 0 saturated heterocycles. The van der Waals surface area contributed by atoms with E-state index < -0.39 is 0 Å². The van der Waals surface area contributed by atoms with Gasteiger partial charge in [-0.3, -0.25) is 0 Å². The Morgan fingerprint density at radius 3 is 1.32 bits per heavy atom. The summed E-state index contributed by atoms with van der Waals surface area (Å²) in [5.41, 5.74) is 0. The third kappa shape index (κ3) is 17.7. The fourth-order valence-electron chi connectivity index (χ4n) is 2.44. The zero-order valence-corrected chi connectivity index (χ0v) is 13.2. The van der Waals surface area contributed by atoms with E-state index in [1.807, 2.05) is 0 Å². The predicted molar refractivity (Wildman–Crippen MR) is 89.1 cm³/mol. The monoisotopic (exact) mass is 264 g/mol. The average molecular weight is 264 g/mol. The van der Waals surface area contributed by atoms with Crippen molar-refractivity contribution in [2.24, 2.45) is 0 Å². The van der Waals surface area contributed by atoms with Gasteiger partial charge >= 0.3 is 0 Å². The van der Waals surface area contributed by atoms with Crippen molar-refractivity contribution in [2.45, 2.75) is 96.3 Å². The first-order valence-corrected chi connectivity index (χ1v) is 8.65. The van der Waals surface area contributed by atoms with Crippen molar-refractivity contribution in [3.63, 3.8) is 0 Å². The Balaban J connectivity index is 2.93. The van der Waals surface area contributed by atoms with Crippen LogP contribution in [0.15, 0.2) is 12.2 Å². The highest BCUT2D eigenvalue weighted by Crippen LogP contribution is 2.12. The van der Waals surface area contributed by atoms with Crippen LogP contribution in [0.2, 0.25) is 0 Å². The van der Waals surface area contributed by atoms with Crippen molar-refractivity contribution in [1.82, 2.24) is 0 Å². The highest BCUT2D eigenvalue weighted by Gasteiger charge is 1.93. The van der Waals surface area contributed by atoms with Gasteiger partial charge in [-0.05, 0) is 26.2 Å². The van der Waals surface area contributed by atoms with Crippen molar-refractivity contribution in [3.05, 3.63) is 26.0 Å². The van der Waals surface area contributed by atoms with Crippen molar-refractivity contribution in [2.75, 3.05) is 0 Å². The van der Waals surface area contributed by atoms with Gasteiger partial charge in [0, 0.05) is 0 Å². The lowest BCUT2D eigenvalue weighted by atomic mass is 10.0. The van der Waals surface area contributed by atoms with E-state index >= 15 is 0 Å². The second kappa shape index (κ2) is 17.7. The van der Waals surface area contributed by atoms with Crippen LogP contribution in [0.3, 0.4) is 0 Å². The number of hydrogen-bond acceptors (Lipinski definition) is 0. The Morgan fingerprint density at radius 1 is 0.474 bits per heavy atom. The smallest absolute Gasteiger partial charge is 0.0351 e. The number of unbranched alkanes of at least 4 members (excludes halogenated alkanes) is 13. The molecular weight excluding hydrogens is 228 g/mol. The first-order valence-electron chi connectivity index (χ1n) is 8.65. The maximum Gasteiger partial charge on any atom is -0.0351 e. The molecule has 0 saturated carbocycles. The minimum Gasteiger partial charge on any atom is -0.0885 e. The summed E-state index contributed by atoms with van der Waals surface area (Å²) in [7, 11) is 0. The molecule has 19 heavy (non-hydrogen) atoms. The van der Waals surface area contributed by atoms with E-state index in [4.69, 9.17) is 0 Å². The van der Waals surface area contributed by atoms with Gasteiger partial charge in [0.05, 0.1) is 0 Å². The van der Waals surface area contributed by atoms with Crippen molar-refractivity contribution < 1.29 is 0 Å². The summed E-state index contributed by atoms with van der Waals surface area (Å²) < 4.78 is 0. The van der Waals surface area contributed by atoms with Gasteiger partial charge < -0.3 is 0 Å². The molecule has 0 fully saturated rings. The fourth-order valence-corrected chi connectivity index (χ4v) is 2.44. The molecule has 0 spiro atoms. The summed E-state index contributed by atoms with van der Waals surface area (Å²) in [5.74, 6) is 0. The Hall–Kier alpha value is -0.260. The molecule has 0 amide bonds. The van der Waals surface area contributed by atoms with Crippen LogP contribution in [0.1, 0.15) is 96.3 Å². The lowest BCUT2D eigenvalue weighted by molar-refractivity contribution is 0.542. The second-order valence-corrected chi connectivity index (χ2v) is 5.64. The Labute approximate surface area is 123 Å². The first-order chi connectivity index (χ1) is 9.41. The highest BCUT2D eigenvalue weighted by atomic mass is 14.0.